The van der Waals surface area contributed by atoms with Gasteiger partial charge < -0.3 is 9.47 Å². The first-order chi connectivity index (χ1) is 15.3. The highest BCUT2D eigenvalue weighted by Crippen LogP contribution is 2.48. The van der Waals surface area contributed by atoms with Crippen LogP contribution in [-0.2, 0) is 10.8 Å². The number of benzene rings is 3. The Hall–Kier alpha value is -2.38. The highest BCUT2D eigenvalue weighted by molar-refractivity contribution is 9.11. The third-order valence-electron chi connectivity index (χ3n) is 5.19. The zero-order valence-electron chi connectivity index (χ0n) is 19.5. The van der Waals surface area contributed by atoms with Gasteiger partial charge in [-0.05, 0) is 78.1 Å². The van der Waals surface area contributed by atoms with Crippen LogP contribution in [0.5, 0.6) is 23.0 Å². The van der Waals surface area contributed by atoms with Crippen LogP contribution in [0.25, 0.3) is 0 Å². The molecule has 3 aromatic rings. The van der Waals surface area contributed by atoms with Crippen LogP contribution < -0.4 is 9.47 Å². The molecule has 0 atom stereocenters. The van der Waals surface area contributed by atoms with Crippen molar-refractivity contribution in [3.63, 3.8) is 0 Å². The lowest BCUT2D eigenvalue weighted by Gasteiger charge is -2.20. The lowest BCUT2D eigenvalue weighted by Crippen LogP contribution is -2.10. The van der Waals surface area contributed by atoms with Gasteiger partial charge in [0.2, 0.25) is 0 Å². The molecule has 0 aromatic heterocycles. The summed E-state index contributed by atoms with van der Waals surface area (Å²) in [7, 11) is 0. The Bertz CT molecular complexity index is 1080. The van der Waals surface area contributed by atoms with Gasteiger partial charge in [0.1, 0.15) is 20.4 Å². The summed E-state index contributed by atoms with van der Waals surface area (Å²) in [5.41, 5.74) is 2.19. The van der Waals surface area contributed by atoms with Crippen molar-refractivity contribution < 1.29 is 14.4 Å². The molecule has 0 heterocycles. The molecule has 0 aliphatic heterocycles. The van der Waals surface area contributed by atoms with Gasteiger partial charge in [0.25, 0.3) is 0 Å². The third kappa shape index (κ3) is 5.95. The molecule has 5 nitrogen and oxygen atoms in total. The molecule has 0 saturated heterocycles. The molecule has 0 saturated carbocycles. The van der Waals surface area contributed by atoms with Crippen molar-refractivity contribution in [1.82, 2.24) is 0 Å². The van der Waals surface area contributed by atoms with Gasteiger partial charge in [-0.1, -0.05) is 65.8 Å². The van der Waals surface area contributed by atoms with Crippen molar-refractivity contribution in [1.29, 1.82) is 0 Å². The number of nitro groups is 1. The normalized spacial score (nSPS) is 11.9. The maximum Gasteiger partial charge on any atom is 0.305 e. The van der Waals surface area contributed by atoms with Crippen molar-refractivity contribution in [2.24, 2.45) is 0 Å². The summed E-state index contributed by atoms with van der Waals surface area (Å²) < 4.78 is 12.5. The molecule has 0 spiro atoms. The van der Waals surface area contributed by atoms with Gasteiger partial charge in [0, 0.05) is 6.07 Å². The molecular formula is C26H27Br2NO4. The second-order valence-corrected chi connectivity index (χ2v) is 11.4. The molecule has 33 heavy (non-hydrogen) atoms. The summed E-state index contributed by atoms with van der Waals surface area (Å²) in [4.78, 5) is 11.3. The Morgan fingerprint density at radius 3 is 1.30 bits per heavy atom. The molecule has 0 bridgehead atoms. The smallest absolute Gasteiger partial charge is 0.305 e. The highest BCUT2D eigenvalue weighted by atomic mass is 79.9. The average Bonchev–Trinajstić information content (AvgIpc) is 2.71. The van der Waals surface area contributed by atoms with Gasteiger partial charge in [-0.15, -0.1) is 0 Å². The molecule has 0 unspecified atom stereocenters. The number of rotatable bonds is 5. The number of nitro benzene ring substituents is 1. The van der Waals surface area contributed by atoms with Gasteiger partial charge in [0.15, 0.2) is 11.5 Å². The van der Waals surface area contributed by atoms with Gasteiger partial charge in [-0.25, -0.2) is 0 Å². The van der Waals surface area contributed by atoms with Crippen LogP contribution in [0, 0.1) is 10.1 Å². The molecule has 3 aromatic carbocycles. The summed E-state index contributed by atoms with van der Waals surface area (Å²) in [6.07, 6.45) is 0. The predicted octanol–water partition coefficient (Wildman–Crippen LogP) is 9.30. The Morgan fingerprint density at radius 2 is 1.03 bits per heavy atom. The molecule has 0 N–H and O–H groups in total. The number of hydrogen-bond acceptors (Lipinski definition) is 4. The van der Waals surface area contributed by atoms with Gasteiger partial charge >= 0.3 is 5.69 Å². The summed E-state index contributed by atoms with van der Waals surface area (Å²) in [6.45, 7) is 12.8. The number of nitrogens with zero attached hydrogens (tertiary/aromatic N) is 1. The van der Waals surface area contributed by atoms with E-state index >= 15 is 0 Å². The third-order valence-corrected chi connectivity index (χ3v) is 6.72. The molecule has 3 rings (SSSR count). The lowest BCUT2D eigenvalue weighted by molar-refractivity contribution is -0.386. The van der Waals surface area contributed by atoms with Crippen LogP contribution in [-0.4, -0.2) is 4.92 Å². The van der Waals surface area contributed by atoms with Crippen LogP contribution in [0.3, 0.4) is 0 Å². The first-order valence-electron chi connectivity index (χ1n) is 10.5. The minimum absolute atomic E-state index is 0.0130. The lowest BCUT2D eigenvalue weighted by atomic mass is 9.87. The fraction of sp³-hybridized carbons (Fsp3) is 0.308. The Morgan fingerprint density at radius 1 is 0.697 bits per heavy atom. The van der Waals surface area contributed by atoms with Crippen molar-refractivity contribution in [3.8, 4) is 23.0 Å². The van der Waals surface area contributed by atoms with Crippen LogP contribution in [0.15, 0.2) is 63.5 Å². The van der Waals surface area contributed by atoms with Crippen molar-refractivity contribution in [2.45, 2.75) is 52.4 Å². The average molecular weight is 577 g/mol. The van der Waals surface area contributed by atoms with E-state index in [-0.39, 0.29) is 37.0 Å². The van der Waals surface area contributed by atoms with E-state index in [1.54, 1.807) is 6.07 Å². The molecule has 7 heteroatoms. The molecule has 174 valence electrons. The molecule has 0 fully saturated rings. The van der Waals surface area contributed by atoms with Crippen LogP contribution in [0.1, 0.15) is 52.7 Å². The second-order valence-electron chi connectivity index (χ2n) is 9.86. The predicted molar refractivity (Wildman–Crippen MR) is 139 cm³/mol. The first-order valence-corrected chi connectivity index (χ1v) is 12.1. The summed E-state index contributed by atoms with van der Waals surface area (Å²) in [6, 6.07) is 17.0. The van der Waals surface area contributed by atoms with E-state index in [1.807, 2.05) is 48.5 Å². The Kier molecular flexibility index (Phi) is 7.24. The van der Waals surface area contributed by atoms with E-state index in [2.05, 4.69) is 73.4 Å². The van der Waals surface area contributed by atoms with Crippen molar-refractivity contribution in [3.05, 3.63) is 84.8 Å². The van der Waals surface area contributed by atoms with Crippen LogP contribution >= 0.6 is 31.9 Å². The molecule has 0 radical (unpaired) electrons. The zero-order chi connectivity index (χ0) is 24.6. The van der Waals surface area contributed by atoms with E-state index in [1.165, 1.54) is 11.1 Å². The molecule has 0 aliphatic carbocycles. The van der Waals surface area contributed by atoms with Crippen molar-refractivity contribution >= 4 is 37.5 Å². The fourth-order valence-corrected chi connectivity index (χ4v) is 4.53. The fourth-order valence-electron chi connectivity index (χ4n) is 3.18. The quantitative estimate of drug-likeness (QED) is 0.224. The van der Waals surface area contributed by atoms with E-state index in [0.717, 1.165) is 0 Å². The topological polar surface area (TPSA) is 61.6 Å². The highest BCUT2D eigenvalue weighted by Gasteiger charge is 2.27. The van der Waals surface area contributed by atoms with Gasteiger partial charge in [-0.2, -0.15) is 0 Å². The van der Waals surface area contributed by atoms with E-state index in [9.17, 15) is 10.1 Å². The van der Waals surface area contributed by atoms with Gasteiger partial charge in [0.05, 0.1) is 4.92 Å². The van der Waals surface area contributed by atoms with E-state index in [4.69, 9.17) is 9.47 Å². The first kappa shape index (κ1) is 25.2. The maximum atomic E-state index is 11.8. The Balaban J connectivity index is 1.97. The standard InChI is InChI=1S/C26H27Br2NO4/c1-25(2,3)16-7-11-18(12-8-16)32-20-15-21(23(28)24(22(20)27)29(30)31)33-19-13-9-17(10-14-19)26(4,5)6/h7-15H,1-6H3. The molecular weight excluding hydrogens is 550 g/mol. The SMILES string of the molecule is CC(C)(C)c1ccc(Oc2cc(Oc3ccc(C(C)(C)C)cc3)c(Br)c([N+](=O)[O-])c2Br)cc1. The van der Waals surface area contributed by atoms with E-state index < -0.39 is 4.92 Å². The summed E-state index contributed by atoms with van der Waals surface area (Å²) >= 11 is 6.67. The number of ether oxygens (including phenoxy) is 2. The van der Waals surface area contributed by atoms with Crippen LogP contribution in [0.4, 0.5) is 5.69 Å². The minimum Gasteiger partial charge on any atom is -0.456 e. The largest absolute Gasteiger partial charge is 0.456 e. The van der Waals surface area contributed by atoms with Gasteiger partial charge in [-0.3, -0.25) is 10.1 Å². The summed E-state index contributed by atoms with van der Waals surface area (Å²) in [5, 5.41) is 11.8. The summed E-state index contributed by atoms with van der Waals surface area (Å²) in [5.74, 6) is 1.71. The zero-order valence-corrected chi connectivity index (χ0v) is 22.7. The minimum atomic E-state index is -0.473. The van der Waals surface area contributed by atoms with Crippen molar-refractivity contribution in [2.75, 3.05) is 0 Å². The Labute approximate surface area is 211 Å². The second kappa shape index (κ2) is 9.47. The number of hydrogen-bond donors (Lipinski definition) is 0. The molecule has 0 aliphatic rings. The number of halogens is 2. The van der Waals surface area contributed by atoms with E-state index in [0.29, 0.717) is 11.5 Å². The monoisotopic (exact) mass is 575 g/mol. The molecule has 0 amide bonds. The maximum absolute atomic E-state index is 11.8. The van der Waals surface area contributed by atoms with Crippen LogP contribution in [0.2, 0.25) is 0 Å².